The first kappa shape index (κ1) is 31.3. The summed E-state index contributed by atoms with van der Waals surface area (Å²) in [6, 6.07) is 30.1. The SMILES string of the molecule is CCOC(=O)Cc1ccc(N=Cc2ccc(Sc3nnc(-c4ccc(C(C)(C)C)cc4)n3-c3ccccc3)c([N+](=O)[O-])c2)cc1. The molecular weight excluding hydrogens is 586 g/mol. The molecule has 0 aliphatic rings. The van der Waals surface area contributed by atoms with Crippen LogP contribution in [0.1, 0.15) is 44.4 Å². The van der Waals surface area contributed by atoms with Crippen molar-refractivity contribution in [3.05, 3.63) is 124 Å². The van der Waals surface area contributed by atoms with Crippen LogP contribution in [0.2, 0.25) is 0 Å². The van der Waals surface area contributed by atoms with Gasteiger partial charge < -0.3 is 4.74 Å². The molecule has 0 saturated carbocycles. The van der Waals surface area contributed by atoms with Gasteiger partial charge in [-0.1, -0.05) is 81.4 Å². The van der Waals surface area contributed by atoms with Crippen molar-refractivity contribution in [2.45, 2.75) is 49.6 Å². The van der Waals surface area contributed by atoms with Gasteiger partial charge in [0.2, 0.25) is 5.16 Å². The van der Waals surface area contributed by atoms with Gasteiger partial charge in [0.15, 0.2) is 5.82 Å². The third-order valence-electron chi connectivity index (χ3n) is 6.99. The molecule has 5 rings (SSSR count). The van der Waals surface area contributed by atoms with E-state index in [1.54, 1.807) is 37.4 Å². The van der Waals surface area contributed by atoms with Gasteiger partial charge in [0.25, 0.3) is 5.69 Å². The Hall–Kier alpha value is -5.09. The number of aromatic nitrogens is 3. The summed E-state index contributed by atoms with van der Waals surface area (Å²) in [7, 11) is 0. The maximum Gasteiger partial charge on any atom is 0.310 e. The Labute approximate surface area is 266 Å². The van der Waals surface area contributed by atoms with Crippen molar-refractivity contribution in [2.75, 3.05) is 6.61 Å². The second kappa shape index (κ2) is 13.7. The van der Waals surface area contributed by atoms with Crippen molar-refractivity contribution in [3.8, 4) is 17.1 Å². The van der Waals surface area contributed by atoms with Gasteiger partial charge in [-0.05, 0) is 71.1 Å². The number of ether oxygens (including phenoxy) is 1. The molecule has 1 heterocycles. The highest BCUT2D eigenvalue weighted by atomic mass is 32.2. The summed E-state index contributed by atoms with van der Waals surface area (Å²) in [5, 5.41) is 21.7. The van der Waals surface area contributed by atoms with Crippen molar-refractivity contribution >= 4 is 35.3 Å². The standard InChI is InChI=1S/C35H33N5O4S/c1-5-44-32(41)22-24-11-18-28(19-12-24)36-23-25-13-20-31(30(21-25)40(42)43)45-34-38-37-33(39(34)29-9-7-6-8-10-29)26-14-16-27(17-15-26)35(2,3)4/h6-21,23H,5,22H2,1-4H3. The number of benzene rings is 4. The van der Waals surface area contributed by atoms with Crippen molar-refractivity contribution in [3.63, 3.8) is 0 Å². The molecule has 0 aliphatic carbocycles. The van der Waals surface area contributed by atoms with Crippen molar-refractivity contribution in [2.24, 2.45) is 4.99 Å². The van der Waals surface area contributed by atoms with Crippen LogP contribution in [0, 0.1) is 10.1 Å². The fraction of sp³-hybridized carbons (Fsp3) is 0.200. The Morgan fingerprint density at radius 3 is 2.33 bits per heavy atom. The van der Waals surface area contributed by atoms with Crippen LogP contribution in [-0.4, -0.2) is 38.5 Å². The summed E-state index contributed by atoms with van der Waals surface area (Å²) in [4.78, 5) is 28.4. The molecule has 0 aliphatic heterocycles. The largest absolute Gasteiger partial charge is 0.466 e. The summed E-state index contributed by atoms with van der Waals surface area (Å²) in [6.45, 7) is 8.61. The number of nitro groups is 1. The van der Waals surface area contributed by atoms with Crippen molar-refractivity contribution in [1.82, 2.24) is 14.8 Å². The van der Waals surface area contributed by atoms with Crippen LogP contribution in [0.15, 0.2) is 112 Å². The van der Waals surface area contributed by atoms with E-state index >= 15 is 0 Å². The highest BCUT2D eigenvalue weighted by Crippen LogP contribution is 2.37. The van der Waals surface area contributed by atoms with Crippen LogP contribution in [0.3, 0.4) is 0 Å². The summed E-state index contributed by atoms with van der Waals surface area (Å²) < 4.78 is 6.91. The number of esters is 1. The lowest BCUT2D eigenvalue weighted by Crippen LogP contribution is -2.10. The van der Waals surface area contributed by atoms with Gasteiger partial charge in [0, 0.05) is 23.5 Å². The van der Waals surface area contributed by atoms with E-state index in [-0.39, 0.29) is 23.5 Å². The third kappa shape index (κ3) is 7.71. The van der Waals surface area contributed by atoms with Gasteiger partial charge in [0.1, 0.15) is 0 Å². The van der Waals surface area contributed by atoms with Crippen molar-refractivity contribution in [1.29, 1.82) is 0 Å². The molecule has 228 valence electrons. The number of carbonyl (C=O) groups excluding carboxylic acids is 1. The monoisotopic (exact) mass is 619 g/mol. The summed E-state index contributed by atoms with van der Waals surface area (Å²) in [6.07, 6.45) is 1.76. The van der Waals surface area contributed by atoms with Crippen LogP contribution < -0.4 is 0 Å². The normalized spacial score (nSPS) is 11.6. The van der Waals surface area contributed by atoms with E-state index in [2.05, 4.69) is 48.1 Å². The molecule has 0 unspecified atom stereocenters. The Morgan fingerprint density at radius 2 is 1.69 bits per heavy atom. The second-order valence-electron chi connectivity index (χ2n) is 11.3. The fourth-order valence-corrected chi connectivity index (χ4v) is 5.56. The number of nitrogens with zero attached hydrogens (tertiary/aromatic N) is 5. The zero-order chi connectivity index (χ0) is 32.0. The second-order valence-corrected chi connectivity index (χ2v) is 12.3. The zero-order valence-corrected chi connectivity index (χ0v) is 26.3. The first-order valence-electron chi connectivity index (χ1n) is 14.5. The highest BCUT2D eigenvalue weighted by molar-refractivity contribution is 7.99. The van der Waals surface area contributed by atoms with Crippen LogP contribution in [-0.2, 0) is 21.4 Å². The summed E-state index contributed by atoms with van der Waals surface area (Å²) in [5.41, 5.74) is 4.94. The molecule has 0 atom stereocenters. The van der Waals surface area contributed by atoms with E-state index in [0.29, 0.717) is 33.7 Å². The number of hydrogen-bond acceptors (Lipinski definition) is 8. The van der Waals surface area contributed by atoms with Gasteiger partial charge in [-0.2, -0.15) is 0 Å². The van der Waals surface area contributed by atoms with Crippen LogP contribution in [0.25, 0.3) is 17.1 Å². The number of para-hydroxylation sites is 1. The number of rotatable bonds is 10. The van der Waals surface area contributed by atoms with E-state index in [0.717, 1.165) is 16.8 Å². The van der Waals surface area contributed by atoms with Gasteiger partial charge in [0.05, 0.1) is 28.5 Å². The minimum absolute atomic E-state index is 0.0123. The highest BCUT2D eigenvalue weighted by Gasteiger charge is 2.22. The average molecular weight is 620 g/mol. The predicted octanol–water partition coefficient (Wildman–Crippen LogP) is 8.15. The lowest BCUT2D eigenvalue weighted by atomic mass is 9.87. The molecule has 9 nitrogen and oxygen atoms in total. The summed E-state index contributed by atoms with van der Waals surface area (Å²) in [5.74, 6) is 0.357. The molecular formula is C35H33N5O4S. The molecule has 0 fully saturated rings. The van der Waals surface area contributed by atoms with E-state index in [1.165, 1.54) is 23.4 Å². The van der Waals surface area contributed by atoms with Gasteiger partial charge >= 0.3 is 5.97 Å². The summed E-state index contributed by atoms with van der Waals surface area (Å²) >= 11 is 1.19. The Kier molecular flexibility index (Phi) is 9.53. The molecule has 0 radical (unpaired) electrons. The van der Waals surface area contributed by atoms with Crippen LogP contribution in [0.4, 0.5) is 11.4 Å². The lowest BCUT2D eigenvalue weighted by Gasteiger charge is -2.19. The molecule has 1 aromatic heterocycles. The Balaban J connectivity index is 1.42. The minimum atomic E-state index is -0.404. The smallest absolute Gasteiger partial charge is 0.310 e. The Morgan fingerprint density at radius 1 is 0.978 bits per heavy atom. The number of nitro benzene ring substituents is 1. The molecule has 45 heavy (non-hydrogen) atoms. The minimum Gasteiger partial charge on any atom is -0.466 e. The molecule has 0 N–H and O–H groups in total. The molecule has 10 heteroatoms. The van der Waals surface area contributed by atoms with E-state index in [9.17, 15) is 14.9 Å². The molecule has 0 bridgehead atoms. The van der Waals surface area contributed by atoms with Gasteiger partial charge in [-0.15, -0.1) is 10.2 Å². The average Bonchev–Trinajstić information content (AvgIpc) is 3.44. The van der Waals surface area contributed by atoms with E-state index in [4.69, 9.17) is 4.74 Å². The van der Waals surface area contributed by atoms with Gasteiger partial charge in [-0.25, -0.2) is 0 Å². The van der Waals surface area contributed by atoms with Crippen molar-refractivity contribution < 1.29 is 14.5 Å². The molecule has 0 spiro atoms. The molecule has 0 amide bonds. The zero-order valence-electron chi connectivity index (χ0n) is 25.5. The fourth-order valence-electron chi connectivity index (χ4n) is 4.62. The molecule has 5 aromatic rings. The third-order valence-corrected chi connectivity index (χ3v) is 8.00. The number of carbonyl (C=O) groups is 1. The first-order valence-corrected chi connectivity index (χ1v) is 15.3. The molecule has 0 saturated heterocycles. The van der Waals surface area contributed by atoms with E-state index in [1.807, 2.05) is 59.2 Å². The topological polar surface area (TPSA) is 113 Å². The maximum absolute atomic E-state index is 12.2. The van der Waals surface area contributed by atoms with Crippen LogP contribution >= 0.6 is 11.8 Å². The molecule has 4 aromatic carbocycles. The quantitative estimate of drug-likeness (QED) is 0.0671. The Bertz CT molecular complexity index is 1830. The number of aliphatic imine (C=N–C) groups is 1. The first-order chi connectivity index (χ1) is 21.6. The van der Waals surface area contributed by atoms with E-state index < -0.39 is 4.92 Å². The maximum atomic E-state index is 12.2. The van der Waals surface area contributed by atoms with Gasteiger partial charge in [-0.3, -0.25) is 24.5 Å². The predicted molar refractivity (Wildman–Crippen MR) is 177 cm³/mol. The van der Waals surface area contributed by atoms with Crippen LogP contribution in [0.5, 0.6) is 0 Å². The lowest BCUT2D eigenvalue weighted by molar-refractivity contribution is -0.387. The number of hydrogen-bond donors (Lipinski definition) is 0.